The monoisotopic (exact) mass is 512 g/mol. The number of alkyl halides is 3. The van der Waals surface area contributed by atoms with E-state index in [0.717, 1.165) is 17.7 Å². The summed E-state index contributed by atoms with van der Waals surface area (Å²) >= 11 is 5.91. The number of hydrogen-bond donors (Lipinski definition) is 1. The summed E-state index contributed by atoms with van der Waals surface area (Å²) in [4.78, 5) is 16.9. The summed E-state index contributed by atoms with van der Waals surface area (Å²) in [6.07, 6.45) is -1.98. The van der Waals surface area contributed by atoms with Crippen molar-refractivity contribution in [2.24, 2.45) is 7.05 Å². The van der Waals surface area contributed by atoms with Gasteiger partial charge in [-0.1, -0.05) is 48.0 Å². The van der Waals surface area contributed by atoms with Gasteiger partial charge in [0, 0.05) is 32.3 Å². The first-order valence-electron chi connectivity index (χ1n) is 10.2. The molecule has 3 aromatic rings. The highest BCUT2D eigenvalue weighted by Crippen LogP contribution is 2.37. The number of hydrogen-bond acceptors (Lipinski definition) is 4. The van der Waals surface area contributed by atoms with Crippen LogP contribution in [0.3, 0.4) is 0 Å². The van der Waals surface area contributed by atoms with Crippen molar-refractivity contribution in [1.82, 2.24) is 19.2 Å². The Morgan fingerprint density at radius 2 is 1.82 bits per heavy atom. The highest BCUT2D eigenvalue weighted by molar-refractivity contribution is 7.89. The molecule has 1 aliphatic rings. The van der Waals surface area contributed by atoms with Crippen LogP contribution in [0, 0.1) is 0 Å². The van der Waals surface area contributed by atoms with Gasteiger partial charge in [-0.3, -0.25) is 4.79 Å². The van der Waals surface area contributed by atoms with Crippen LogP contribution in [0.4, 0.5) is 13.2 Å². The maximum Gasteiger partial charge on any atom is 0.417 e. The van der Waals surface area contributed by atoms with Crippen molar-refractivity contribution in [3.8, 4) is 0 Å². The van der Waals surface area contributed by atoms with Gasteiger partial charge in [-0.2, -0.15) is 17.5 Å². The molecule has 0 spiro atoms. The van der Waals surface area contributed by atoms with Crippen LogP contribution in [-0.4, -0.2) is 47.3 Å². The molecule has 34 heavy (non-hydrogen) atoms. The Balaban J connectivity index is 1.65. The molecular weight excluding hydrogens is 493 g/mol. The molecule has 1 aliphatic heterocycles. The summed E-state index contributed by atoms with van der Waals surface area (Å²) in [5.74, 6) is -1.26. The van der Waals surface area contributed by atoms with Gasteiger partial charge in [0.25, 0.3) is 15.9 Å². The van der Waals surface area contributed by atoms with Crippen molar-refractivity contribution in [1.29, 1.82) is 0 Å². The largest absolute Gasteiger partial charge is 0.417 e. The Labute approximate surface area is 199 Å². The maximum atomic E-state index is 13.2. The minimum atomic E-state index is -4.72. The molecule has 1 N–H and O–H groups in total. The van der Waals surface area contributed by atoms with Gasteiger partial charge < -0.3 is 9.88 Å². The van der Waals surface area contributed by atoms with Crippen molar-refractivity contribution < 1.29 is 26.4 Å². The minimum Gasteiger partial charge on any atom is -0.347 e. The number of amides is 1. The molecule has 2 heterocycles. The fourth-order valence-corrected chi connectivity index (χ4v) is 5.75. The van der Waals surface area contributed by atoms with E-state index in [1.807, 2.05) is 0 Å². The first-order chi connectivity index (χ1) is 16.0. The van der Waals surface area contributed by atoms with Gasteiger partial charge in [0.2, 0.25) is 0 Å². The van der Waals surface area contributed by atoms with E-state index < -0.39 is 44.7 Å². The molecule has 1 saturated heterocycles. The van der Waals surface area contributed by atoms with Gasteiger partial charge in [-0.15, -0.1) is 0 Å². The zero-order chi connectivity index (χ0) is 24.7. The molecule has 0 bridgehead atoms. The van der Waals surface area contributed by atoms with Crippen LogP contribution in [0.2, 0.25) is 5.02 Å². The molecule has 180 valence electrons. The molecule has 0 radical (unpaired) electrons. The Morgan fingerprint density at radius 3 is 2.44 bits per heavy atom. The number of carbonyl (C=O) groups is 1. The quantitative estimate of drug-likeness (QED) is 0.565. The number of rotatable bonds is 5. The van der Waals surface area contributed by atoms with Gasteiger partial charge in [-0.25, -0.2) is 13.4 Å². The summed E-state index contributed by atoms with van der Waals surface area (Å²) in [6.45, 7) is -0.0228. The smallest absolute Gasteiger partial charge is 0.347 e. The molecule has 2 atom stereocenters. The molecule has 1 amide bonds. The lowest BCUT2D eigenvalue weighted by atomic mass is 9.94. The summed E-state index contributed by atoms with van der Waals surface area (Å²) in [5, 5.41) is 1.86. The molecule has 7 nitrogen and oxygen atoms in total. The van der Waals surface area contributed by atoms with E-state index in [0.29, 0.717) is 0 Å². The standard InChI is InChI=1S/C22H20ClF3N4O3S/c1-29-12-19(27-13-29)34(32,33)30-10-16(14-6-3-2-4-7-14)18(11-30)28-21(31)15-8-5-9-17(20(15)23)22(24,25)26/h2-9,12-13,16,18H,10-11H2,1H3,(H,28,31)/t16-,18-/m0/s1. The third-order valence-electron chi connectivity index (χ3n) is 5.66. The fraction of sp³-hybridized carbons (Fsp3) is 0.273. The van der Waals surface area contributed by atoms with Gasteiger partial charge in [0.15, 0.2) is 5.03 Å². The normalized spacial score (nSPS) is 19.3. The zero-order valence-corrected chi connectivity index (χ0v) is 19.4. The summed E-state index contributed by atoms with van der Waals surface area (Å²) in [7, 11) is -2.31. The van der Waals surface area contributed by atoms with Gasteiger partial charge in [-0.05, 0) is 17.7 Å². The Hall–Kier alpha value is -2.89. The van der Waals surface area contributed by atoms with E-state index in [9.17, 15) is 26.4 Å². The number of halogens is 4. The molecular formula is C22H20ClF3N4O3S. The van der Waals surface area contributed by atoms with Crippen molar-refractivity contribution in [2.75, 3.05) is 13.1 Å². The van der Waals surface area contributed by atoms with Crippen LogP contribution < -0.4 is 5.32 Å². The van der Waals surface area contributed by atoms with Crippen molar-refractivity contribution in [2.45, 2.75) is 23.2 Å². The topological polar surface area (TPSA) is 84.3 Å². The number of carbonyl (C=O) groups excluding carboxylic acids is 1. The van der Waals surface area contributed by atoms with Gasteiger partial charge in [0.05, 0.1) is 28.5 Å². The lowest BCUT2D eigenvalue weighted by Gasteiger charge is -2.21. The SMILES string of the molecule is Cn1cnc(S(=O)(=O)N2C[C@H](NC(=O)c3cccc(C(F)(F)F)c3Cl)[C@H](c3ccccc3)C2)c1. The predicted molar refractivity (Wildman–Crippen MR) is 119 cm³/mol. The lowest BCUT2D eigenvalue weighted by molar-refractivity contribution is -0.137. The summed E-state index contributed by atoms with van der Waals surface area (Å²) < 4.78 is 68.7. The predicted octanol–water partition coefficient (Wildman–Crippen LogP) is 3.68. The van der Waals surface area contributed by atoms with Crippen LogP contribution in [0.5, 0.6) is 0 Å². The number of sulfonamides is 1. The number of aryl methyl sites for hydroxylation is 1. The van der Waals surface area contributed by atoms with Crippen LogP contribution >= 0.6 is 11.6 Å². The summed E-state index contributed by atoms with van der Waals surface area (Å²) in [5.41, 5.74) is -0.678. The first-order valence-corrected chi connectivity index (χ1v) is 12.0. The van der Waals surface area contributed by atoms with Crippen molar-refractivity contribution in [3.63, 3.8) is 0 Å². The van der Waals surface area contributed by atoms with E-state index in [1.54, 1.807) is 37.4 Å². The molecule has 1 fully saturated rings. The summed E-state index contributed by atoms with van der Waals surface area (Å²) in [6, 6.07) is 11.4. The van der Waals surface area contributed by atoms with E-state index in [1.165, 1.54) is 27.5 Å². The van der Waals surface area contributed by atoms with Crippen LogP contribution in [0.25, 0.3) is 0 Å². The van der Waals surface area contributed by atoms with E-state index in [-0.39, 0.29) is 23.7 Å². The molecule has 0 aliphatic carbocycles. The van der Waals surface area contributed by atoms with Gasteiger partial charge in [0.1, 0.15) is 0 Å². The molecule has 4 rings (SSSR count). The second-order valence-electron chi connectivity index (χ2n) is 7.96. The average molecular weight is 513 g/mol. The highest BCUT2D eigenvalue weighted by atomic mass is 35.5. The van der Waals surface area contributed by atoms with Crippen LogP contribution in [-0.2, 0) is 23.2 Å². The number of imidazole rings is 1. The van der Waals surface area contributed by atoms with Crippen molar-refractivity contribution in [3.05, 3.63) is 82.8 Å². The van der Waals surface area contributed by atoms with E-state index >= 15 is 0 Å². The van der Waals surface area contributed by atoms with Crippen molar-refractivity contribution >= 4 is 27.5 Å². The second kappa shape index (κ2) is 9.05. The molecule has 12 heteroatoms. The van der Waals surface area contributed by atoms with E-state index in [2.05, 4.69) is 10.3 Å². The average Bonchev–Trinajstić information content (AvgIpc) is 3.41. The zero-order valence-electron chi connectivity index (χ0n) is 17.8. The third-order valence-corrected chi connectivity index (χ3v) is 7.79. The highest BCUT2D eigenvalue weighted by Gasteiger charge is 2.42. The molecule has 2 aromatic carbocycles. The maximum absolute atomic E-state index is 13.2. The number of nitrogens with one attached hydrogen (secondary N) is 1. The number of nitrogens with zero attached hydrogens (tertiary/aromatic N) is 3. The molecule has 0 saturated carbocycles. The number of aromatic nitrogens is 2. The fourth-order valence-electron chi connectivity index (χ4n) is 3.97. The first kappa shape index (κ1) is 24.2. The Bertz CT molecular complexity index is 1310. The van der Waals surface area contributed by atoms with Crippen LogP contribution in [0.15, 0.2) is 66.1 Å². The van der Waals surface area contributed by atoms with Gasteiger partial charge >= 0.3 is 6.18 Å². The Kier molecular flexibility index (Phi) is 6.45. The van der Waals surface area contributed by atoms with Crippen LogP contribution in [0.1, 0.15) is 27.4 Å². The molecule has 1 aromatic heterocycles. The molecule has 0 unspecified atom stereocenters. The number of benzene rings is 2. The third kappa shape index (κ3) is 4.68. The lowest BCUT2D eigenvalue weighted by Crippen LogP contribution is -2.40. The minimum absolute atomic E-state index is 0.0597. The van der Waals surface area contributed by atoms with E-state index in [4.69, 9.17) is 11.6 Å². The second-order valence-corrected chi connectivity index (χ2v) is 10.2. The Morgan fingerprint density at radius 1 is 1.12 bits per heavy atom.